The number of unbranched alkanes of at least 4 members (excludes halogenated alkanes) is 30. The van der Waals surface area contributed by atoms with Gasteiger partial charge in [0.05, 0.1) is 19.8 Å². The van der Waals surface area contributed by atoms with Crippen LogP contribution in [0.25, 0.3) is 0 Å². The normalized spacial score (nSPS) is 12.0. The van der Waals surface area contributed by atoms with E-state index in [-0.39, 0.29) is 0 Å². The highest BCUT2D eigenvalue weighted by Crippen LogP contribution is 2.50. The molecule has 0 aliphatic heterocycles. The summed E-state index contributed by atoms with van der Waals surface area (Å²) in [4.78, 5) is 0. The minimum Gasteiger partial charge on any atom is -0.309 e. The van der Waals surface area contributed by atoms with E-state index in [1.54, 1.807) is 0 Å². The topological polar surface area (TPSA) is 27.7 Å². The molecule has 0 amide bonds. The largest absolute Gasteiger partial charge is 0.327 e. The lowest BCUT2D eigenvalue weighted by atomic mass is 10.1. The quantitative estimate of drug-likeness (QED) is 0.0484. The summed E-state index contributed by atoms with van der Waals surface area (Å²) >= 11 is 5.88. The van der Waals surface area contributed by atoms with Gasteiger partial charge in [-0.3, -0.25) is 0 Å². The van der Waals surface area contributed by atoms with Crippen LogP contribution in [-0.4, -0.2) is 19.8 Å². The zero-order valence-corrected chi connectivity index (χ0v) is 32.2. The van der Waals surface area contributed by atoms with E-state index >= 15 is 0 Å². The van der Waals surface area contributed by atoms with Crippen LogP contribution in [0, 0.1) is 0 Å². The summed E-state index contributed by atoms with van der Waals surface area (Å²) in [5.41, 5.74) is 0. The highest BCUT2D eigenvalue weighted by atomic mass is 32.5. The molecule has 0 aromatic carbocycles. The second-order valence-corrected chi connectivity index (χ2v) is 16.6. The lowest BCUT2D eigenvalue weighted by Crippen LogP contribution is -2.04. The maximum absolute atomic E-state index is 6.19. The lowest BCUT2D eigenvalue weighted by molar-refractivity contribution is 0.150. The summed E-state index contributed by atoms with van der Waals surface area (Å²) in [6, 6.07) is 0. The number of hydrogen-bond donors (Lipinski definition) is 0. The highest BCUT2D eigenvalue weighted by Gasteiger charge is 2.20. The lowest BCUT2D eigenvalue weighted by Gasteiger charge is -2.22. The van der Waals surface area contributed by atoms with Crippen LogP contribution in [0.1, 0.15) is 233 Å². The highest BCUT2D eigenvalue weighted by molar-refractivity contribution is 8.07. The first-order chi connectivity index (χ1) is 21.7. The number of rotatable bonds is 39. The minimum absolute atomic E-state index is 0.685. The summed E-state index contributed by atoms with van der Waals surface area (Å²) < 4.78 is 18.6. The summed E-state index contributed by atoms with van der Waals surface area (Å²) in [5, 5.41) is 0. The second-order valence-electron chi connectivity index (χ2n) is 13.6. The standard InChI is InChI=1S/C39H81O3PS/c1-4-7-10-13-16-19-22-25-28-31-34-37-40-43(44,41-38-35-32-29-26-23-20-17-14-11-8-5-2)42-39-36-33-30-27-24-21-18-15-12-9-6-3/h4-39H2,1-3H3. The van der Waals surface area contributed by atoms with E-state index in [0.717, 1.165) is 19.3 Å². The fraction of sp³-hybridized carbons (Fsp3) is 1.00. The van der Waals surface area contributed by atoms with Gasteiger partial charge in [0.25, 0.3) is 0 Å². The molecule has 266 valence electrons. The van der Waals surface area contributed by atoms with Gasteiger partial charge in [0.2, 0.25) is 0 Å². The van der Waals surface area contributed by atoms with Gasteiger partial charge in [0.1, 0.15) is 0 Å². The maximum Gasteiger partial charge on any atom is 0.327 e. The SMILES string of the molecule is CCCCCCCCCCCCCOP(=S)(OCCCCCCCCCCCCC)OCCCCCCCCCCCCC. The third-order valence-corrected chi connectivity index (χ3v) is 11.4. The van der Waals surface area contributed by atoms with Gasteiger partial charge in [0, 0.05) is 0 Å². The Kier molecular flexibility index (Phi) is 38.4. The van der Waals surface area contributed by atoms with Crippen molar-refractivity contribution in [3.63, 3.8) is 0 Å². The Morgan fingerprint density at radius 1 is 0.273 bits per heavy atom. The Hall–Kier alpha value is 0.530. The van der Waals surface area contributed by atoms with E-state index in [2.05, 4.69) is 20.8 Å². The Morgan fingerprint density at radius 3 is 0.614 bits per heavy atom. The molecule has 0 aromatic rings. The molecule has 0 spiro atoms. The molecule has 0 aliphatic rings. The molecule has 0 N–H and O–H groups in total. The zero-order valence-electron chi connectivity index (χ0n) is 30.5. The molecular weight excluding hydrogens is 579 g/mol. The van der Waals surface area contributed by atoms with Gasteiger partial charge in [-0.1, -0.05) is 213 Å². The third-order valence-electron chi connectivity index (χ3n) is 8.99. The van der Waals surface area contributed by atoms with Crippen molar-refractivity contribution in [1.82, 2.24) is 0 Å². The Balaban J connectivity index is 4.07. The van der Waals surface area contributed by atoms with Crippen LogP contribution in [0.15, 0.2) is 0 Å². The first kappa shape index (κ1) is 44.5. The summed E-state index contributed by atoms with van der Waals surface area (Å²) in [6.07, 6.45) is 44.2. The molecule has 44 heavy (non-hydrogen) atoms. The molecule has 0 radical (unpaired) electrons. The fourth-order valence-electron chi connectivity index (χ4n) is 5.94. The van der Waals surface area contributed by atoms with Crippen LogP contribution in [0.2, 0.25) is 0 Å². The van der Waals surface area contributed by atoms with Crippen molar-refractivity contribution in [3.8, 4) is 0 Å². The minimum atomic E-state index is -2.63. The van der Waals surface area contributed by atoms with Gasteiger partial charge in [-0.2, -0.15) is 0 Å². The third kappa shape index (κ3) is 35.4. The van der Waals surface area contributed by atoms with E-state index in [0.29, 0.717) is 19.8 Å². The fourth-order valence-corrected chi connectivity index (χ4v) is 7.89. The van der Waals surface area contributed by atoms with Crippen molar-refractivity contribution in [2.24, 2.45) is 0 Å². The van der Waals surface area contributed by atoms with E-state index < -0.39 is 6.72 Å². The van der Waals surface area contributed by atoms with Crippen molar-refractivity contribution in [2.45, 2.75) is 233 Å². The smallest absolute Gasteiger partial charge is 0.309 e. The van der Waals surface area contributed by atoms with Crippen LogP contribution in [0.5, 0.6) is 0 Å². The van der Waals surface area contributed by atoms with E-state index in [4.69, 9.17) is 25.4 Å². The first-order valence-electron chi connectivity index (χ1n) is 20.2. The molecule has 5 heteroatoms. The molecule has 3 nitrogen and oxygen atoms in total. The summed E-state index contributed by atoms with van der Waals surface area (Å²) in [7, 11) is 0. The van der Waals surface area contributed by atoms with Gasteiger partial charge in [0.15, 0.2) is 0 Å². The number of hydrogen-bond acceptors (Lipinski definition) is 4. The van der Waals surface area contributed by atoms with Crippen LogP contribution in [0.4, 0.5) is 0 Å². The predicted molar refractivity (Wildman–Crippen MR) is 202 cm³/mol. The molecule has 0 bridgehead atoms. The molecule has 0 unspecified atom stereocenters. The van der Waals surface area contributed by atoms with Crippen LogP contribution in [0.3, 0.4) is 0 Å². The second kappa shape index (κ2) is 38.0. The van der Waals surface area contributed by atoms with Crippen molar-refractivity contribution >= 4 is 18.5 Å². The molecule has 0 aliphatic carbocycles. The molecule has 0 heterocycles. The van der Waals surface area contributed by atoms with Crippen molar-refractivity contribution in [1.29, 1.82) is 0 Å². The molecule has 0 saturated carbocycles. The molecular formula is C39H81O3PS. The van der Waals surface area contributed by atoms with E-state index in [1.165, 1.54) is 193 Å². The van der Waals surface area contributed by atoms with Gasteiger partial charge in [-0.05, 0) is 31.1 Å². The van der Waals surface area contributed by atoms with Gasteiger partial charge in [-0.15, -0.1) is 0 Å². The molecule has 0 fully saturated rings. The van der Waals surface area contributed by atoms with Crippen molar-refractivity contribution in [2.75, 3.05) is 19.8 Å². The van der Waals surface area contributed by atoms with Gasteiger partial charge < -0.3 is 13.6 Å². The van der Waals surface area contributed by atoms with Gasteiger partial charge in [-0.25, -0.2) is 0 Å². The molecule has 0 atom stereocenters. The predicted octanol–water partition coefficient (Wildman–Crippen LogP) is 15.2. The molecule has 0 aromatic heterocycles. The molecule has 0 saturated heterocycles. The molecule has 0 rings (SSSR count). The van der Waals surface area contributed by atoms with Crippen molar-refractivity contribution < 1.29 is 13.6 Å². The first-order valence-corrected chi connectivity index (χ1v) is 22.8. The maximum atomic E-state index is 6.19. The Labute approximate surface area is 283 Å². The average molecular weight is 661 g/mol. The summed E-state index contributed by atoms with van der Waals surface area (Å²) in [5.74, 6) is 0. The van der Waals surface area contributed by atoms with Crippen LogP contribution < -0.4 is 0 Å². The van der Waals surface area contributed by atoms with Crippen molar-refractivity contribution in [3.05, 3.63) is 0 Å². The van der Waals surface area contributed by atoms with Crippen LogP contribution in [-0.2, 0) is 25.4 Å². The Bertz CT molecular complexity index is 497. The van der Waals surface area contributed by atoms with E-state index in [1.807, 2.05) is 0 Å². The summed E-state index contributed by atoms with van der Waals surface area (Å²) in [6.45, 7) is 6.30. The van der Waals surface area contributed by atoms with Gasteiger partial charge >= 0.3 is 6.72 Å². The van der Waals surface area contributed by atoms with Crippen LogP contribution >= 0.6 is 6.72 Å². The Morgan fingerprint density at radius 2 is 0.432 bits per heavy atom. The monoisotopic (exact) mass is 661 g/mol. The average Bonchev–Trinajstić information content (AvgIpc) is 3.02. The van der Waals surface area contributed by atoms with E-state index in [9.17, 15) is 0 Å². The zero-order chi connectivity index (χ0) is 32.1.